The van der Waals surface area contributed by atoms with Gasteiger partial charge in [0.2, 0.25) is 0 Å². The molecule has 4 aromatic rings. The van der Waals surface area contributed by atoms with Crippen molar-refractivity contribution in [3.63, 3.8) is 0 Å². The van der Waals surface area contributed by atoms with E-state index >= 15 is 0 Å². The Hall–Kier alpha value is -3.75. The van der Waals surface area contributed by atoms with Gasteiger partial charge in [-0.1, -0.05) is 26.0 Å². The molecule has 1 unspecified atom stereocenters. The molecule has 0 saturated carbocycles. The largest absolute Gasteiger partial charge is 0.341 e. The normalized spacial score (nSPS) is 12.5. The summed E-state index contributed by atoms with van der Waals surface area (Å²) in [6.07, 6.45) is 0.675. The van der Waals surface area contributed by atoms with Crippen molar-refractivity contribution < 1.29 is 9.72 Å². The van der Waals surface area contributed by atoms with Crippen LogP contribution in [0.3, 0.4) is 0 Å². The summed E-state index contributed by atoms with van der Waals surface area (Å²) < 4.78 is 0. The molecule has 3 N–H and O–H groups in total. The minimum atomic E-state index is -0.496. The maximum absolute atomic E-state index is 13.0. The molecule has 9 heteroatoms. The van der Waals surface area contributed by atoms with Crippen LogP contribution in [0.4, 0.5) is 5.69 Å². The number of nitro benzene ring substituents is 1. The van der Waals surface area contributed by atoms with Crippen molar-refractivity contribution in [1.82, 2.24) is 25.5 Å². The maximum atomic E-state index is 13.0. The first-order valence-electron chi connectivity index (χ1n) is 9.30. The molecule has 0 fully saturated rings. The van der Waals surface area contributed by atoms with Crippen molar-refractivity contribution in [2.24, 2.45) is 5.92 Å². The number of imidazole rings is 1. The number of carbonyl (C=O) groups excluding carboxylic acids is 1. The molecule has 148 valence electrons. The molecule has 0 aliphatic rings. The average molecular weight is 392 g/mol. The first-order chi connectivity index (χ1) is 13.9. The number of nitrogens with zero attached hydrogens (tertiary/aromatic N) is 3. The Morgan fingerprint density at radius 1 is 1.21 bits per heavy atom. The summed E-state index contributed by atoms with van der Waals surface area (Å²) in [5, 5.41) is 21.3. The number of benzene rings is 2. The van der Waals surface area contributed by atoms with Gasteiger partial charge in [0.1, 0.15) is 5.82 Å². The molecular weight excluding hydrogens is 372 g/mol. The van der Waals surface area contributed by atoms with Gasteiger partial charge in [-0.15, -0.1) is 0 Å². The number of rotatable bonds is 6. The third kappa shape index (κ3) is 3.66. The van der Waals surface area contributed by atoms with E-state index in [1.807, 2.05) is 24.3 Å². The van der Waals surface area contributed by atoms with Crippen LogP contribution in [-0.4, -0.2) is 31.0 Å². The minimum Gasteiger partial charge on any atom is -0.341 e. The fraction of sp³-hybridized carbons (Fsp3) is 0.250. The number of H-pyrrole nitrogens is 2. The Kier molecular flexibility index (Phi) is 4.71. The zero-order chi connectivity index (χ0) is 20.5. The summed E-state index contributed by atoms with van der Waals surface area (Å²) in [4.78, 5) is 31.4. The van der Waals surface area contributed by atoms with Gasteiger partial charge in [0.25, 0.3) is 11.6 Å². The molecule has 2 aromatic carbocycles. The van der Waals surface area contributed by atoms with E-state index in [4.69, 9.17) is 0 Å². The van der Waals surface area contributed by atoms with Crippen LogP contribution in [0, 0.1) is 16.0 Å². The molecule has 0 aliphatic heterocycles. The summed E-state index contributed by atoms with van der Waals surface area (Å²) in [5.41, 5.74) is 2.31. The molecule has 0 bridgehead atoms. The second-order valence-corrected chi connectivity index (χ2v) is 7.35. The topological polar surface area (TPSA) is 130 Å². The van der Waals surface area contributed by atoms with E-state index in [1.165, 1.54) is 12.1 Å². The SMILES string of the molecule is CC(C)CC(NC(=O)c1n[nH]c2ccc([N+](=O)[O-])cc12)c1nc2ccccc2[nH]1. The van der Waals surface area contributed by atoms with Crippen LogP contribution in [-0.2, 0) is 0 Å². The van der Waals surface area contributed by atoms with Crippen molar-refractivity contribution in [2.75, 3.05) is 0 Å². The number of hydrogen-bond donors (Lipinski definition) is 3. The van der Waals surface area contributed by atoms with Crippen LogP contribution in [0.1, 0.15) is 42.6 Å². The van der Waals surface area contributed by atoms with Crippen molar-refractivity contribution >= 4 is 33.5 Å². The third-order valence-electron chi connectivity index (χ3n) is 4.72. The fourth-order valence-electron chi connectivity index (χ4n) is 3.36. The second-order valence-electron chi connectivity index (χ2n) is 7.35. The second kappa shape index (κ2) is 7.34. The van der Waals surface area contributed by atoms with Crippen molar-refractivity contribution in [2.45, 2.75) is 26.3 Å². The van der Waals surface area contributed by atoms with Crippen LogP contribution < -0.4 is 5.32 Å². The van der Waals surface area contributed by atoms with Crippen molar-refractivity contribution in [3.05, 3.63) is 64.1 Å². The summed E-state index contributed by atoms with van der Waals surface area (Å²) in [6, 6.07) is 11.6. The van der Waals surface area contributed by atoms with E-state index in [9.17, 15) is 14.9 Å². The van der Waals surface area contributed by atoms with Gasteiger partial charge in [0.05, 0.1) is 27.5 Å². The number of para-hydroxylation sites is 2. The number of non-ortho nitro benzene ring substituents is 1. The van der Waals surface area contributed by atoms with Gasteiger partial charge in [0, 0.05) is 17.5 Å². The van der Waals surface area contributed by atoms with E-state index in [0.717, 1.165) is 11.0 Å². The number of aromatic amines is 2. The monoisotopic (exact) mass is 392 g/mol. The van der Waals surface area contributed by atoms with Crippen molar-refractivity contribution in [3.8, 4) is 0 Å². The van der Waals surface area contributed by atoms with Crippen LogP contribution in [0.2, 0.25) is 0 Å². The highest BCUT2D eigenvalue weighted by Gasteiger charge is 2.23. The van der Waals surface area contributed by atoms with Crippen LogP contribution in [0.15, 0.2) is 42.5 Å². The Balaban J connectivity index is 1.67. The molecule has 1 amide bonds. The quantitative estimate of drug-likeness (QED) is 0.339. The zero-order valence-electron chi connectivity index (χ0n) is 16.0. The number of aromatic nitrogens is 4. The molecular formula is C20H20N6O3. The number of fused-ring (bicyclic) bond motifs is 2. The van der Waals surface area contributed by atoms with Crippen molar-refractivity contribution in [1.29, 1.82) is 0 Å². The van der Waals surface area contributed by atoms with Crippen LogP contribution in [0.5, 0.6) is 0 Å². The lowest BCUT2D eigenvalue weighted by molar-refractivity contribution is -0.384. The summed E-state index contributed by atoms with van der Waals surface area (Å²) in [7, 11) is 0. The highest BCUT2D eigenvalue weighted by Crippen LogP contribution is 2.25. The predicted octanol–water partition coefficient (Wildman–Crippen LogP) is 3.86. The van der Waals surface area contributed by atoms with Gasteiger partial charge in [-0.05, 0) is 30.5 Å². The molecule has 0 aliphatic carbocycles. The molecule has 2 aromatic heterocycles. The van der Waals surface area contributed by atoms with E-state index in [1.54, 1.807) is 6.07 Å². The molecule has 0 radical (unpaired) electrons. The smallest absolute Gasteiger partial charge is 0.273 e. The van der Waals surface area contributed by atoms with E-state index in [2.05, 4.69) is 39.3 Å². The highest BCUT2D eigenvalue weighted by atomic mass is 16.6. The predicted molar refractivity (Wildman–Crippen MR) is 109 cm³/mol. The van der Waals surface area contributed by atoms with E-state index in [-0.39, 0.29) is 17.4 Å². The molecule has 9 nitrogen and oxygen atoms in total. The van der Waals surface area contributed by atoms with Gasteiger partial charge in [-0.25, -0.2) is 4.98 Å². The van der Waals surface area contributed by atoms with E-state index in [0.29, 0.717) is 29.1 Å². The zero-order valence-corrected chi connectivity index (χ0v) is 16.0. The van der Waals surface area contributed by atoms with Gasteiger partial charge >= 0.3 is 0 Å². The standard InChI is InChI=1S/C20H20N6O3/c1-11(2)9-17(19-21-15-5-3-4-6-16(15)22-19)23-20(27)18-13-10-12(26(28)29)7-8-14(13)24-25-18/h3-8,10-11,17H,9H2,1-2H3,(H,21,22)(H,23,27)(H,24,25). The number of nitrogens with one attached hydrogen (secondary N) is 3. The lowest BCUT2D eigenvalue weighted by Gasteiger charge is -2.18. The Morgan fingerprint density at radius 2 is 2.00 bits per heavy atom. The number of carbonyl (C=O) groups is 1. The van der Waals surface area contributed by atoms with E-state index < -0.39 is 10.8 Å². The third-order valence-corrected chi connectivity index (χ3v) is 4.72. The Morgan fingerprint density at radius 3 is 2.72 bits per heavy atom. The van der Waals surface area contributed by atoms with Gasteiger partial charge in [-0.2, -0.15) is 5.10 Å². The van der Waals surface area contributed by atoms with Crippen LogP contribution >= 0.6 is 0 Å². The highest BCUT2D eigenvalue weighted by molar-refractivity contribution is 6.05. The lowest BCUT2D eigenvalue weighted by atomic mass is 10.0. The molecule has 29 heavy (non-hydrogen) atoms. The average Bonchev–Trinajstić information content (AvgIpc) is 3.30. The number of amides is 1. The van der Waals surface area contributed by atoms with Crippen LogP contribution in [0.25, 0.3) is 21.9 Å². The summed E-state index contributed by atoms with van der Waals surface area (Å²) >= 11 is 0. The summed E-state index contributed by atoms with van der Waals surface area (Å²) in [6.45, 7) is 4.13. The summed E-state index contributed by atoms with van der Waals surface area (Å²) in [5.74, 6) is 0.562. The van der Waals surface area contributed by atoms with Gasteiger partial charge < -0.3 is 10.3 Å². The minimum absolute atomic E-state index is 0.0936. The maximum Gasteiger partial charge on any atom is 0.273 e. The lowest BCUT2D eigenvalue weighted by Crippen LogP contribution is -2.30. The fourth-order valence-corrected chi connectivity index (χ4v) is 3.36. The van der Waals surface area contributed by atoms with Gasteiger partial charge in [0.15, 0.2) is 5.69 Å². The number of hydrogen-bond acceptors (Lipinski definition) is 5. The molecule has 2 heterocycles. The molecule has 0 spiro atoms. The Labute approximate surface area is 165 Å². The first kappa shape index (κ1) is 18.6. The molecule has 1 atom stereocenters. The van der Waals surface area contributed by atoms with Gasteiger partial charge in [-0.3, -0.25) is 20.0 Å². The first-order valence-corrected chi connectivity index (χ1v) is 9.30. The molecule has 0 saturated heterocycles. The Bertz CT molecular complexity index is 1180. The molecule has 4 rings (SSSR count). The number of nitro groups is 1.